The molecule has 1 aliphatic rings. The summed E-state index contributed by atoms with van der Waals surface area (Å²) in [7, 11) is 0. The minimum Gasteiger partial charge on any atom is -0.369 e. The third-order valence-electron chi connectivity index (χ3n) is 3.26. The first-order valence-electron chi connectivity index (χ1n) is 6.71. The fourth-order valence-corrected chi connectivity index (χ4v) is 3.23. The number of nitrogens with one attached hydrogen (secondary N) is 1. The van der Waals surface area contributed by atoms with E-state index in [0.717, 1.165) is 17.4 Å². The molecule has 0 bridgehead atoms. The van der Waals surface area contributed by atoms with Crippen molar-refractivity contribution in [1.82, 2.24) is 9.97 Å². The highest BCUT2D eigenvalue weighted by atomic mass is 32.2. The van der Waals surface area contributed by atoms with Gasteiger partial charge in [0.1, 0.15) is 10.8 Å². The number of nitrogens with zero attached hydrogens (tertiary/aromatic N) is 2. The first kappa shape index (κ1) is 12.5. The van der Waals surface area contributed by atoms with Gasteiger partial charge in [-0.3, -0.25) is 4.98 Å². The van der Waals surface area contributed by atoms with Crippen LogP contribution in [0, 0.1) is 0 Å². The predicted molar refractivity (Wildman–Crippen MR) is 78.8 cm³/mol. The van der Waals surface area contributed by atoms with Crippen LogP contribution in [0.1, 0.15) is 24.5 Å². The van der Waals surface area contributed by atoms with Crippen molar-refractivity contribution < 1.29 is 0 Å². The average molecular weight is 271 g/mol. The molecule has 1 aromatic heterocycles. The molecule has 1 aromatic carbocycles. The van der Waals surface area contributed by atoms with Crippen LogP contribution in [0.5, 0.6) is 0 Å². The van der Waals surface area contributed by atoms with Crippen molar-refractivity contribution in [2.75, 3.05) is 11.9 Å². The standard InChI is InChI=1S/C15H17N3S/c1-2-17-14-9-16-10-15(18-14)19-13-7-6-11-4-3-5-12(11)8-13/h6-10H,2-5H2,1H3,(H,17,18). The lowest BCUT2D eigenvalue weighted by Crippen LogP contribution is -2.00. The van der Waals surface area contributed by atoms with Crippen LogP contribution in [0.15, 0.2) is 40.5 Å². The van der Waals surface area contributed by atoms with Crippen molar-refractivity contribution in [2.24, 2.45) is 0 Å². The third-order valence-corrected chi connectivity index (χ3v) is 4.16. The number of aromatic nitrogens is 2. The van der Waals surface area contributed by atoms with Crippen molar-refractivity contribution in [1.29, 1.82) is 0 Å². The molecule has 0 aliphatic heterocycles. The molecule has 0 saturated heterocycles. The summed E-state index contributed by atoms with van der Waals surface area (Å²) in [5.74, 6) is 0.841. The highest BCUT2D eigenvalue weighted by Crippen LogP contribution is 2.31. The molecular weight excluding hydrogens is 254 g/mol. The van der Waals surface area contributed by atoms with Gasteiger partial charge in [-0.05, 0) is 49.4 Å². The number of rotatable bonds is 4. The maximum atomic E-state index is 4.54. The molecular formula is C15H17N3S. The Morgan fingerprint density at radius 2 is 2.11 bits per heavy atom. The molecule has 2 aromatic rings. The van der Waals surface area contributed by atoms with Gasteiger partial charge in [-0.15, -0.1) is 0 Å². The number of aryl methyl sites for hydroxylation is 2. The summed E-state index contributed by atoms with van der Waals surface area (Å²) in [4.78, 5) is 10.0. The van der Waals surface area contributed by atoms with Crippen molar-refractivity contribution in [3.05, 3.63) is 41.7 Å². The van der Waals surface area contributed by atoms with Crippen LogP contribution < -0.4 is 5.32 Å². The molecule has 0 saturated carbocycles. The van der Waals surface area contributed by atoms with Crippen LogP contribution in [0.2, 0.25) is 0 Å². The molecule has 4 heteroatoms. The van der Waals surface area contributed by atoms with E-state index in [9.17, 15) is 0 Å². The van der Waals surface area contributed by atoms with Gasteiger partial charge in [-0.25, -0.2) is 4.98 Å². The topological polar surface area (TPSA) is 37.8 Å². The van der Waals surface area contributed by atoms with Crippen molar-refractivity contribution in [2.45, 2.75) is 36.1 Å². The first-order chi connectivity index (χ1) is 9.35. The zero-order valence-electron chi connectivity index (χ0n) is 11.0. The first-order valence-corrected chi connectivity index (χ1v) is 7.52. The molecule has 0 radical (unpaired) electrons. The number of fused-ring (bicyclic) bond motifs is 1. The molecule has 0 amide bonds. The summed E-state index contributed by atoms with van der Waals surface area (Å²) in [6, 6.07) is 6.75. The molecule has 19 heavy (non-hydrogen) atoms. The Bertz CT molecular complexity index is 583. The maximum absolute atomic E-state index is 4.54. The lowest BCUT2D eigenvalue weighted by molar-refractivity contribution is 0.911. The van der Waals surface area contributed by atoms with Gasteiger partial charge in [-0.1, -0.05) is 17.8 Å². The molecule has 1 heterocycles. The minimum absolute atomic E-state index is 0.841. The second kappa shape index (κ2) is 5.61. The van der Waals surface area contributed by atoms with E-state index < -0.39 is 0 Å². The van der Waals surface area contributed by atoms with Gasteiger partial charge in [0.2, 0.25) is 0 Å². The summed E-state index contributed by atoms with van der Waals surface area (Å²) in [6.07, 6.45) is 7.32. The molecule has 1 aliphatic carbocycles. The van der Waals surface area contributed by atoms with Crippen LogP contribution in [0.4, 0.5) is 5.82 Å². The van der Waals surface area contributed by atoms with Gasteiger partial charge in [0.15, 0.2) is 0 Å². The Morgan fingerprint density at radius 1 is 1.21 bits per heavy atom. The summed E-state index contributed by atoms with van der Waals surface area (Å²) in [6.45, 7) is 2.92. The number of benzene rings is 1. The Balaban J connectivity index is 1.79. The van der Waals surface area contributed by atoms with Crippen LogP contribution in [0.3, 0.4) is 0 Å². The lowest BCUT2D eigenvalue weighted by Gasteiger charge is -2.06. The van der Waals surface area contributed by atoms with Crippen LogP contribution in [-0.2, 0) is 12.8 Å². The predicted octanol–water partition coefficient (Wildman–Crippen LogP) is 3.55. The molecule has 3 rings (SSSR count). The monoisotopic (exact) mass is 271 g/mol. The molecule has 1 N–H and O–H groups in total. The maximum Gasteiger partial charge on any atom is 0.145 e. The number of anilines is 1. The SMILES string of the molecule is CCNc1cncc(Sc2ccc3c(c2)CCC3)n1. The summed E-state index contributed by atoms with van der Waals surface area (Å²) < 4.78 is 0. The molecule has 3 nitrogen and oxygen atoms in total. The van der Waals surface area contributed by atoms with Gasteiger partial charge >= 0.3 is 0 Å². The highest BCUT2D eigenvalue weighted by molar-refractivity contribution is 7.99. The van der Waals surface area contributed by atoms with E-state index in [0.29, 0.717) is 0 Å². The smallest absolute Gasteiger partial charge is 0.145 e. The van der Waals surface area contributed by atoms with Crippen LogP contribution >= 0.6 is 11.8 Å². The minimum atomic E-state index is 0.841. The Kier molecular flexibility index (Phi) is 3.69. The Labute approximate surface area is 117 Å². The van der Waals surface area contributed by atoms with E-state index in [4.69, 9.17) is 0 Å². The second-order valence-corrected chi connectivity index (χ2v) is 5.75. The van der Waals surface area contributed by atoms with Gasteiger partial charge < -0.3 is 5.32 Å². The largest absolute Gasteiger partial charge is 0.369 e. The van der Waals surface area contributed by atoms with Crippen molar-refractivity contribution >= 4 is 17.6 Å². The molecule has 98 valence electrons. The van der Waals surface area contributed by atoms with Crippen LogP contribution in [-0.4, -0.2) is 16.5 Å². The van der Waals surface area contributed by atoms with Gasteiger partial charge in [0.05, 0.1) is 12.4 Å². The summed E-state index contributed by atoms with van der Waals surface area (Å²) in [5, 5.41) is 4.13. The van der Waals surface area contributed by atoms with Gasteiger partial charge in [-0.2, -0.15) is 0 Å². The van der Waals surface area contributed by atoms with Crippen molar-refractivity contribution in [3.63, 3.8) is 0 Å². The third kappa shape index (κ3) is 2.89. The van der Waals surface area contributed by atoms with E-state index in [-0.39, 0.29) is 0 Å². The number of hydrogen-bond donors (Lipinski definition) is 1. The fourth-order valence-electron chi connectivity index (χ4n) is 2.40. The second-order valence-electron chi connectivity index (χ2n) is 4.66. The quantitative estimate of drug-likeness (QED) is 0.923. The Morgan fingerprint density at radius 3 is 3.00 bits per heavy atom. The summed E-state index contributed by atoms with van der Waals surface area (Å²) in [5.41, 5.74) is 3.01. The molecule has 0 unspecified atom stereocenters. The zero-order valence-corrected chi connectivity index (χ0v) is 11.8. The van der Waals surface area contributed by atoms with Gasteiger partial charge in [0, 0.05) is 11.4 Å². The van der Waals surface area contributed by atoms with Crippen molar-refractivity contribution in [3.8, 4) is 0 Å². The van der Waals surface area contributed by atoms with E-state index in [1.54, 1.807) is 18.0 Å². The average Bonchev–Trinajstić information content (AvgIpc) is 2.87. The normalized spacial score (nSPS) is 13.3. The molecule has 0 fully saturated rings. The lowest BCUT2D eigenvalue weighted by atomic mass is 10.1. The van der Waals surface area contributed by atoms with Gasteiger partial charge in [0.25, 0.3) is 0 Å². The number of hydrogen-bond acceptors (Lipinski definition) is 4. The highest BCUT2D eigenvalue weighted by Gasteiger charge is 2.11. The Hall–Kier alpha value is -1.55. The fraction of sp³-hybridized carbons (Fsp3) is 0.333. The van der Waals surface area contributed by atoms with Crippen LogP contribution in [0.25, 0.3) is 0 Å². The van der Waals surface area contributed by atoms with E-state index >= 15 is 0 Å². The van der Waals surface area contributed by atoms with E-state index in [1.807, 2.05) is 6.20 Å². The zero-order chi connectivity index (χ0) is 13.1. The molecule has 0 atom stereocenters. The summed E-state index contributed by atoms with van der Waals surface area (Å²) >= 11 is 1.68. The van der Waals surface area contributed by atoms with E-state index in [1.165, 1.54) is 35.3 Å². The molecule has 0 spiro atoms. The van der Waals surface area contributed by atoms with E-state index in [2.05, 4.69) is 40.4 Å².